The molecule has 0 fully saturated rings. The third kappa shape index (κ3) is 4.58. The third-order valence-electron chi connectivity index (χ3n) is 4.98. The molecule has 3 aromatic rings. The molecule has 0 atom stereocenters. The van der Waals surface area contributed by atoms with Gasteiger partial charge in [-0.15, -0.1) is 11.3 Å². The van der Waals surface area contributed by atoms with E-state index in [0.29, 0.717) is 22.2 Å². The van der Waals surface area contributed by atoms with Gasteiger partial charge in [0.05, 0.1) is 19.9 Å². The number of methoxy groups -OCH3 is 2. The predicted molar refractivity (Wildman–Crippen MR) is 114 cm³/mol. The lowest BCUT2D eigenvalue weighted by Crippen LogP contribution is -2.30. The number of thiazole rings is 1. The van der Waals surface area contributed by atoms with Gasteiger partial charge in [-0.05, 0) is 29.7 Å². The molecule has 0 radical (unpaired) electrons. The summed E-state index contributed by atoms with van der Waals surface area (Å²) in [7, 11) is 3.12. The molecule has 0 spiro atoms. The monoisotopic (exact) mass is 409 g/mol. The number of anilines is 1. The molecule has 0 aliphatic carbocycles. The molecule has 1 aromatic heterocycles. The Morgan fingerprint density at radius 2 is 1.86 bits per heavy atom. The van der Waals surface area contributed by atoms with Gasteiger partial charge in [-0.2, -0.15) is 0 Å². The number of fused-ring (bicyclic) bond motifs is 1. The van der Waals surface area contributed by atoms with Gasteiger partial charge in [-0.3, -0.25) is 15.0 Å². The van der Waals surface area contributed by atoms with Gasteiger partial charge in [-0.1, -0.05) is 24.3 Å². The van der Waals surface area contributed by atoms with Crippen molar-refractivity contribution in [2.45, 2.75) is 19.5 Å². The van der Waals surface area contributed by atoms with Crippen LogP contribution in [0.2, 0.25) is 0 Å². The molecule has 150 valence electrons. The fourth-order valence-corrected chi connectivity index (χ4v) is 4.16. The van der Waals surface area contributed by atoms with Gasteiger partial charge in [0.2, 0.25) is 0 Å². The normalized spacial score (nSPS) is 13.6. The van der Waals surface area contributed by atoms with E-state index >= 15 is 0 Å². The summed E-state index contributed by atoms with van der Waals surface area (Å²) < 4.78 is 10.5. The van der Waals surface area contributed by atoms with Crippen LogP contribution in [0.5, 0.6) is 11.5 Å². The van der Waals surface area contributed by atoms with E-state index < -0.39 is 0 Å². The Bertz CT molecular complexity index is 996. The molecular weight excluding hydrogens is 386 g/mol. The highest BCUT2D eigenvalue weighted by Gasteiger charge is 2.17. The summed E-state index contributed by atoms with van der Waals surface area (Å²) in [5.41, 5.74) is 4.25. The summed E-state index contributed by atoms with van der Waals surface area (Å²) in [6.45, 7) is 2.71. The van der Waals surface area contributed by atoms with E-state index in [4.69, 9.17) is 9.47 Å². The number of ether oxygens (including phenoxy) is 2. The van der Waals surface area contributed by atoms with Crippen LogP contribution in [0.3, 0.4) is 0 Å². The van der Waals surface area contributed by atoms with Crippen molar-refractivity contribution in [2.24, 2.45) is 0 Å². The zero-order valence-corrected chi connectivity index (χ0v) is 17.3. The zero-order chi connectivity index (χ0) is 20.2. The van der Waals surface area contributed by atoms with E-state index in [0.717, 1.165) is 31.7 Å². The first-order valence-corrected chi connectivity index (χ1v) is 10.3. The maximum absolute atomic E-state index is 12.6. The summed E-state index contributed by atoms with van der Waals surface area (Å²) in [4.78, 5) is 19.6. The van der Waals surface area contributed by atoms with E-state index in [1.165, 1.54) is 22.5 Å². The Morgan fingerprint density at radius 1 is 1.14 bits per heavy atom. The summed E-state index contributed by atoms with van der Waals surface area (Å²) in [6, 6.07) is 13.7. The summed E-state index contributed by atoms with van der Waals surface area (Å²) >= 11 is 1.43. The second-order valence-electron chi connectivity index (χ2n) is 6.93. The Labute approximate surface area is 174 Å². The maximum atomic E-state index is 12.6. The molecule has 2 heterocycles. The van der Waals surface area contributed by atoms with Crippen molar-refractivity contribution in [3.05, 3.63) is 70.2 Å². The van der Waals surface area contributed by atoms with Gasteiger partial charge in [0.25, 0.3) is 5.91 Å². The second kappa shape index (κ2) is 8.63. The molecule has 1 amide bonds. The molecular formula is C22H23N3O3S. The Hall–Kier alpha value is -2.90. The largest absolute Gasteiger partial charge is 0.497 e. The summed E-state index contributed by atoms with van der Waals surface area (Å²) in [6.07, 6.45) is 1.06. The number of aromatic nitrogens is 1. The Balaban J connectivity index is 1.40. The topological polar surface area (TPSA) is 63.7 Å². The van der Waals surface area contributed by atoms with Crippen LogP contribution >= 0.6 is 11.3 Å². The highest BCUT2D eigenvalue weighted by Crippen LogP contribution is 2.25. The van der Waals surface area contributed by atoms with Crippen molar-refractivity contribution in [3.8, 4) is 11.5 Å². The number of hydrogen-bond donors (Lipinski definition) is 1. The average Bonchev–Trinajstić information content (AvgIpc) is 3.19. The number of carbonyl (C=O) groups is 1. The van der Waals surface area contributed by atoms with Crippen molar-refractivity contribution < 1.29 is 14.3 Å². The number of amides is 1. The van der Waals surface area contributed by atoms with E-state index in [1.807, 2.05) is 5.38 Å². The lowest BCUT2D eigenvalue weighted by molar-refractivity contribution is 0.102. The molecule has 2 aromatic carbocycles. The quantitative estimate of drug-likeness (QED) is 0.667. The first kappa shape index (κ1) is 19.4. The van der Waals surface area contributed by atoms with Crippen molar-refractivity contribution in [3.63, 3.8) is 0 Å². The minimum Gasteiger partial charge on any atom is -0.497 e. The number of nitrogens with zero attached hydrogens (tertiary/aromatic N) is 2. The van der Waals surface area contributed by atoms with Crippen LogP contribution in [0.1, 0.15) is 27.2 Å². The van der Waals surface area contributed by atoms with Crippen molar-refractivity contribution >= 4 is 22.4 Å². The highest BCUT2D eigenvalue weighted by molar-refractivity contribution is 7.14. The highest BCUT2D eigenvalue weighted by atomic mass is 32.1. The van der Waals surface area contributed by atoms with Gasteiger partial charge < -0.3 is 9.47 Å². The SMILES string of the molecule is COc1cc(OC)cc(C(=O)Nc2nc(CN3CCc4ccccc4C3)cs2)c1. The summed E-state index contributed by atoms with van der Waals surface area (Å²) in [5, 5.41) is 5.46. The molecule has 0 saturated heterocycles. The minimum atomic E-state index is -0.241. The van der Waals surface area contributed by atoms with Crippen LogP contribution in [0.15, 0.2) is 47.8 Å². The van der Waals surface area contributed by atoms with Crippen LogP contribution in [0.4, 0.5) is 5.13 Å². The fraction of sp³-hybridized carbons (Fsp3) is 0.273. The number of hydrogen-bond acceptors (Lipinski definition) is 6. The second-order valence-corrected chi connectivity index (χ2v) is 7.79. The van der Waals surface area contributed by atoms with Crippen LogP contribution in [-0.2, 0) is 19.5 Å². The fourth-order valence-electron chi connectivity index (χ4n) is 3.46. The lowest BCUT2D eigenvalue weighted by atomic mass is 10.00. The van der Waals surface area contributed by atoms with Crippen molar-refractivity contribution in [1.29, 1.82) is 0 Å². The van der Waals surface area contributed by atoms with Crippen molar-refractivity contribution in [1.82, 2.24) is 9.88 Å². The van der Waals surface area contributed by atoms with Crippen LogP contribution < -0.4 is 14.8 Å². The third-order valence-corrected chi connectivity index (χ3v) is 5.79. The Morgan fingerprint density at radius 3 is 2.59 bits per heavy atom. The lowest BCUT2D eigenvalue weighted by Gasteiger charge is -2.27. The molecule has 0 bridgehead atoms. The number of nitrogens with one attached hydrogen (secondary N) is 1. The van der Waals surface area contributed by atoms with Gasteiger partial charge in [0, 0.05) is 36.6 Å². The molecule has 0 saturated carbocycles. The first-order valence-electron chi connectivity index (χ1n) is 9.42. The van der Waals surface area contributed by atoms with Crippen LogP contribution in [0, 0.1) is 0 Å². The average molecular weight is 410 g/mol. The zero-order valence-electron chi connectivity index (χ0n) is 16.5. The standard InChI is InChI=1S/C22H23N3O3S/c1-27-19-9-17(10-20(11-19)28-2)21(26)24-22-23-18(14-29-22)13-25-8-7-15-5-3-4-6-16(15)12-25/h3-6,9-11,14H,7-8,12-13H2,1-2H3,(H,23,24,26). The molecule has 1 N–H and O–H groups in total. The number of carbonyl (C=O) groups excluding carboxylic acids is 1. The van der Waals surface area contributed by atoms with Crippen LogP contribution in [0.25, 0.3) is 0 Å². The van der Waals surface area contributed by atoms with Crippen molar-refractivity contribution in [2.75, 3.05) is 26.1 Å². The maximum Gasteiger partial charge on any atom is 0.257 e. The van der Waals surface area contributed by atoms with Gasteiger partial charge in [0.1, 0.15) is 11.5 Å². The van der Waals surface area contributed by atoms with E-state index in [2.05, 4.69) is 39.5 Å². The van der Waals surface area contributed by atoms with E-state index in [1.54, 1.807) is 32.4 Å². The number of rotatable bonds is 6. The molecule has 1 aliphatic heterocycles. The molecule has 7 heteroatoms. The van der Waals surface area contributed by atoms with E-state index in [-0.39, 0.29) is 5.91 Å². The molecule has 6 nitrogen and oxygen atoms in total. The Kier molecular flexibility index (Phi) is 5.78. The minimum absolute atomic E-state index is 0.241. The summed E-state index contributed by atoms with van der Waals surface area (Å²) in [5.74, 6) is 0.898. The van der Waals surface area contributed by atoms with E-state index in [9.17, 15) is 4.79 Å². The molecule has 29 heavy (non-hydrogen) atoms. The smallest absolute Gasteiger partial charge is 0.257 e. The molecule has 4 rings (SSSR count). The predicted octanol–water partition coefficient (Wildman–Crippen LogP) is 3.97. The molecule has 1 aliphatic rings. The molecule has 0 unspecified atom stereocenters. The van der Waals surface area contributed by atoms with Gasteiger partial charge >= 0.3 is 0 Å². The van der Waals surface area contributed by atoms with Gasteiger partial charge in [0.15, 0.2) is 5.13 Å². The first-order chi connectivity index (χ1) is 14.1. The number of benzene rings is 2. The van der Waals surface area contributed by atoms with Crippen LogP contribution in [-0.4, -0.2) is 36.6 Å². The van der Waals surface area contributed by atoms with Gasteiger partial charge in [-0.25, -0.2) is 4.98 Å².